The van der Waals surface area contributed by atoms with Crippen molar-refractivity contribution in [3.8, 4) is 0 Å². The fourth-order valence-electron chi connectivity index (χ4n) is 2.92. The second kappa shape index (κ2) is 22.2. The first-order valence-corrected chi connectivity index (χ1v) is 12.9. The molecule has 0 aliphatic heterocycles. The first-order valence-electron chi connectivity index (χ1n) is 12.9. The molecule has 3 N–H and O–H groups in total. The van der Waals surface area contributed by atoms with Gasteiger partial charge in [-0.2, -0.15) is 0 Å². The van der Waals surface area contributed by atoms with Crippen LogP contribution in [0.1, 0.15) is 65.7 Å². The summed E-state index contributed by atoms with van der Waals surface area (Å²) in [5, 5.41) is 8.89. The van der Waals surface area contributed by atoms with Gasteiger partial charge in [0, 0.05) is 44.7 Å². The Labute approximate surface area is 208 Å². The maximum atomic E-state index is 11.9. The number of carbonyl (C=O) groups is 2. The zero-order chi connectivity index (χ0) is 25.5. The van der Waals surface area contributed by atoms with Crippen LogP contribution in [0.3, 0.4) is 0 Å². The van der Waals surface area contributed by atoms with Crippen LogP contribution < -0.4 is 16.0 Å². The average molecular weight is 489 g/mol. The van der Waals surface area contributed by atoms with E-state index < -0.39 is 0 Å². The Morgan fingerprint density at radius 1 is 0.676 bits per heavy atom. The minimum Gasteiger partial charge on any atom is -0.379 e. The largest absolute Gasteiger partial charge is 0.379 e. The Kier molecular flexibility index (Phi) is 21.4. The summed E-state index contributed by atoms with van der Waals surface area (Å²) in [7, 11) is 4.05. The van der Waals surface area contributed by atoms with Crippen LogP contribution in [0, 0.1) is 0 Å². The van der Waals surface area contributed by atoms with Crippen molar-refractivity contribution in [3.05, 3.63) is 0 Å². The third kappa shape index (κ3) is 22.5. The molecule has 9 heteroatoms. The molecule has 0 rings (SSSR count). The number of ether oxygens (including phenoxy) is 3. The molecule has 2 amide bonds. The predicted molar refractivity (Wildman–Crippen MR) is 137 cm³/mol. The molecule has 0 aliphatic carbocycles. The van der Waals surface area contributed by atoms with Crippen molar-refractivity contribution in [2.24, 2.45) is 0 Å². The van der Waals surface area contributed by atoms with Gasteiger partial charge in [0.2, 0.25) is 11.8 Å². The molecule has 0 aromatic carbocycles. The molecule has 0 bridgehead atoms. The fraction of sp³-hybridized carbons (Fsp3) is 0.920. The minimum atomic E-state index is -0.0175. The van der Waals surface area contributed by atoms with Crippen molar-refractivity contribution < 1.29 is 23.8 Å². The summed E-state index contributed by atoms with van der Waals surface area (Å²) in [4.78, 5) is 26.1. The number of carbonyl (C=O) groups excluding carboxylic acids is 2. The third-order valence-electron chi connectivity index (χ3n) is 5.44. The van der Waals surface area contributed by atoms with Gasteiger partial charge < -0.3 is 35.1 Å². The standard InChI is InChI=1S/C25H52N4O5/c1-25(2,3)29(5)16-7-6-14-27-23(30)11-8-12-24(31)28-15-10-18-33-20-22-34-21-19-32-17-9-13-26-4/h26H,6-22H2,1-5H3,(H,27,30)(H,28,31). The van der Waals surface area contributed by atoms with Gasteiger partial charge in [0.05, 0.1) is 26.4 Å². The Morgan fingerprint density at radius 2 is 1.15 bits per heavy atom. The molecule has 0 saturated carbocycles. The van der Waals surface area contributed by atoms with Crippen LogP contribution in [0.4, 0.5) is 0 Å². The van der Waals surface area contributed by atoms with E-state index in [0.29, 0.717) is 65.4 Å². The molecule has 0 unspecified atom stereocenters. The average Bonchev–Trinajstić information content (AvgIpc) is 2.78. The van der Waals surface area contributed by atoms with Crippen molar-refractivity contribution in [2.75, 3.05) is 79.9 Å². The van der Waals surface area contributed by atoms with E-state index in [1.807, 2.05) is 7.05 Å². The Hall–Kier alpha value is -1.26. The van der Waals surface area contributed by atoms with Crippen LogP contribution in [0.15, 0.2) is 0 Å². The maximum Gasteiger partial charge on any atom is 0.220 e. The van der Waals surface area contributed by atoms with E-state index in [4.69, 9.17) is 14.2 Å². The van der Waals surface area contributed by atoms with Crippen LogP contribution >= 0.6 is 0 Å². The van der Waals surface area contributed by atoms with Crippen LogP contribution in [-0.4, -0.2) is 102 Å². The molecule has 0 fully saturated rings. The molecular weight excluding hydrogens is 436 g/mol. The molecule has 0 aromatic heterocycles. The lowest BCUT2D eigenvalue weighted by Gasteiger charge is -2.31. The van der Waals surface area contributed by atoms with Gasteiger partial charge in [0.15, 0.2) is 0 Å². The second-order valence-corrected chi connectivity index (χ2v) is 9.50. The molecule has 0 atom stereocenters. The zero-order valence-corrected chi connectivity index (χ0v) is 22.5. The van der Waals surface area contributed by atoms with E-state index in [1.165, 1.54) is 0 Å². The Balaban J connectivity index is 3.38. The van der Waals surface area contributed by atoms with E-state index in [-0.39, 0.29) is 17.4 Å². The minimum absolute atomic E-state index is 0.0175. The van der Waals surface area contributed by atoms with Crippen molar-refractivity contribution in [3.63, 3.8) is 0 Å². The van der Waals surface area contributed by atoms with E-state index in [9.17, 15) is 9.59 Å². The topological polar surface area (TPSA) is 101 Å². The summed E-state index contributed by atoms with van der Waals surface area (Å²) in [6, 6.07) is 0. The molecule has 34 heavy (non-hydrogen) atoms. The highest BCUT2D eigenvalue weighted by atomic mass is 16.5. The van der Waals surface area contributed by atoms with Gasteiger partial charge in [-0.05, 0) is 80.1 Å². The molecular formula is C25H52N4O5. The molecule has 0 aromatic rings. The Morgan fingerprint density at radius 3 is 1.65 bits per heavy atom. The van der Waals surface area contributed by atoms with Gasteiger partial charge in [-0.15, -0.1) is 0 Å². The first kappa shape index (κ1) is 32.7. The van der Waals surface area contributed by atoms with Gasteiger partial charge >= 0.3 is 0 Å². The third-order valence-corrected chi connectivity index (χ3v) is 5.44. The highest BCUT2D eigenvalue weighted by molar-refractivity contribution is 5.78. The Bertz CT molecular complexity index is 500. The van der Waals surface area contributed by atoms with Gasteiger partial charge in [-0.3, -0.25) is 9.59 Å². The fourth-order valence-corrected chi connectivity index (χ4v) is 2.92. The summed E-state index contributed by atoms with van der Waals surface area (Å²) in [5.41, 5.74) is 0.174. The van der Waals surface area contributed by atoms with E-state index in [0.717, 1.165) is 45.4 Å². The SMILES string of the molecule is CNCCCOCCOCCOCCCNC(=O)CCCC(=O)NCCCCN(C)C(C)(C)C. The van der Waals surface area contributed by atoms with E-state index in [1.54, 1.807) is 0 Å². The van der Waals surface area contributed by atoms with Gasteiger partial charge in [0.25, 0.3) is 0 Å². The van der Waals surface area contributed by atoms with Crippen LogP contribution in [0.25, 0.3) is 0 Å². The van der Waals surface area contributed by atoms with Crippen molar-refractivity contribution in [1.29, 1.82) is 0 Å². The monoisotopic (exact) mass is 488 g/mol. The number of unbranched alkanes of at least 4 members (excludes halogenated alkanes) is 1. The van der Waals surface area contributed by atoms with Crippen molar-refractivity contribution in [2.45, 2.75) is 71.3 Å². The highest BCUT2D eigenvalue weighted by Crippen LogP contribution is 2.10. The molecule has 9 nitrogen and oxygen atoms in total. The number of nitrogens with one attached hydrogen (secondary N) is 3. The lowest BCUT2D eigenvalue weighted by atomic mass is 10.1. The molecule has 0 aliphatic rings. The van der Waals surface area contributed by atoms with E-state index in [2.05, 4.69) is 48.7 Å². The summed E-state index contributed by atoms with van der Waals surface area (Å²) >= 11 is 0. The first-order chi connectivity index (χ1) is 16.3. The lowest BCUT2D eigenvalue weighted by Crippen LogP contribution is -2.38. The second-order valence-electron chi connectivity index (χ2n) is 9.50. The lowest BCUT2D eigenvalue weighted by molar-refractivity contribution is -0.122. The molecule has 0 heterocycles. The molecule has 0 spiro atoms. The maximum absolute atomic E-state index is 11.9. The van der Waals surface area contributed by atoms with Crippen LogP contribution in [-0.2, 0) is 23.8 Å². The number of hydrogen-bond donors (Lipinski definition) is 3. The molecule has 202 valence electrons. The van der Waals surface area contributed by atoms with Gasteiger partial charge in [0.1, 0.15) is 0 Å². The molecule has 0 saturated heterocycles. The quantitative estimate of drug-likeness (QED) is 0.189. The summed E-state index contributed by atoms with van der Waals surface area (Å²) in [5.74, 6) is 0.00372. The molecule has 0 radical (unpaired) electrons. The number of nitrogens with zero attached hydrogens (tertiary/aromatic N) is 1. The highest BCUT2D eigenvalue weighted by Gasteiger charge is 2.15. The summed E-state index contributed by atoms with van der Waals surface area (Å²) in [6.07, 6.45) is 5.10. The predicted octanol–water partition coefficient (Wildman–Crippen LogP) is 1.95. The number of rotatable bonds is 23. The normalized spacial score (nSPS) is 11.7. The number of hydrogen-bond acceptors (Lipinski definition) is 7. The van der Waals surface area contributed by atoms with E-state index >= 15 is 0 Å². The summed E-state index contributed by atoms with van der Waals surface area (Å²) in [6.45, 7) is 13.4. The van der Waals surface area contributed by atoms with Crippen LogP contribution in [0.2, 0.25) is 0 Å². The van der Waals surface area contributed by atoms with Gasteiger partial charge in [-0.1, -0.05) is 0 Å². The van der Waals surface area contributed by atoms with Crippen molar-refractivity contribution >= 4 is 11.8 Å². The van der Waals surface area contributed by atoms with Crippen molar-refractivity contribution in [1.82, 2.24) is 20.9 Å². The smallest absolute Gasteiger partial charge is 0.220 e. The zero-order valence-electron chi connectivity index (χ0n) is 22.5. The number of amides is 2. The van der Waals surface area contributed by atoms with Gasteiger partial charge in [-0.25, -0.2) is 0 Å². The van der Waals surface area contributed by atoms with Crippen LogP contribution in [0.5, 0.6) is 0 Å². The summed E-state index contributed by atoms with van der Waals surface area (Å²) < 4.78 is 16.4.